The SMILES string of the molecule is CN1CCN(C(=O)C2CCCN(c3nnc(N4CCCCC4=O)s3)C2)CC1. The summed E-state index contributed by atoms with van der Waals surface area (Å²) in [6, 6.07) is 0. The van der Waals surface area contributed by atoms with Crippen LogP contribution in [0.4, 0.5) is 10.3 Å². The maximum absolute atomic E-state index is 12.9. The van der Waals surface area contributed by atoms with Gasteiger partial charge in [0.15, 0.2) is 0 Å². The summed E-state index contributed by atoms with van der Waals surface area (Å²) in [5, 5.41) is 10.1. The van der Waals surface area contributed by atoms with Crippen LogP contribution in [0, 0.1) is 5.92 Å². The zero-order valence-corrected chi connectivity index (χ0v) is 16.8. The van der Waals surface area contributed by atoms with Crippen LogP contribution >= 0.6 is 11.3 Å². The summed E-state index contributed by atoms with van der Waals surface area (Å²) >= 11 is 1.48. The van der Waals surface area contributed by atoms with Crippen LogP contribution in [0.3, 0.4) is 0 Å². The highest BCUT2D eigenvalue weighted by atomic mass is 32.1. The van der Waals surface area contributed by atoms with Gasteiger partial charge in [-0.15, -0.1) is 10.2 Å². The average molecular weight is 393 g/mol. The van der Waals surface area contributed by atoms with Gasteiger partial charge in [0, 0.05) is 52.2 Å². The molecule has 0 aromatic carbocycles. The second-order valence-corrected chi connectivity index (χ2v) is 8.72. The summed E-state index contributed by atoms with van der Waals surface area (Å²) in [7, 11) is 2.10. The zero-order valence-electron chi connectivity index (χ0n) is 16.0. The fraction of sp³-hybridized carbons (Fsp3) is 0.778. The van der Waals surface area contributed by atoms with Crippen LogP contribution in [-0.2, 0) is 9.59 Å². The molecule has 9 heteroatoms. The van der Waals surface area contributed by atoms with Crippen molar-refractivity contribution in [3.05, 3.63) is 0 Å². The number of carbonyl (C=O) groups is 2. The van der Waals surface area contributed by atoms with Crippen LogP contribution < -0.4 is 9.80 Å². The molecule has 3 aliphatic heterocycles. The third-order valence-corrected chi connectivity index (χ3v) is 6.82. The standard InChI is InChI=1S/C18H28N6O2S/c1-21-9-11-22(12-10-21)16(26)14-5-4-7-23(13-14)17-19-20-18(27-17)24-8-3-2-6-15(24)25/h14H,2-13H2,1H3. The molecule has 2 amide bonds. The molecule has 27 heavy (non-hydrogen) atoms. The molecular weight excluding hydrogens is 364 g/mol. The van der Waals surface area contributed by atoms with E-state index in [1.54, 1.807) is 4.90 Å². The smallest absolute Gasteiger partial charge is 0.228 e. The Morgan fingerprint density at radius 1 is 1.00 bits per heavy atom. The summed E-state index contributed by atoms with van der Waals surface area (Å²) in [6.45, 7) is 5.89. The topological polar surface area (TPSA) is 72.9 Å². The van der Waals surface area contributed by atoms with Crippen molar-refractivity contribution >= 4 is 33.4 Å². The van der Waals surface area contributed by atoms with Gasteiger partial charge in [0.2, 0.25) is 22.1 Å². The first-order valence-corrected chi connectivity index (χ1v) is 10.8. The number of anilines is 2. The Morgan fingerprint density at radius 3 is 2.56 bits per heavy atom. The molecule has 3 aliphatic rings. The van der Waals surface area contributed by atoms with Crippen LogP contribution in [0.2, 0.25) is 0 Å². The number of hydrogen-bond acceptors (Lipinski definition) is 7. The van der Waals surface area contributed by atoms with Crippen LogP contribution in [0.5, 0.6) is 0 Å². The number of piperidine rings is 2. The summed E-state index contributed by atoms with van der Waals surface area (Å²) in [6.07, 6.45) is 4.51. The van der Waals surface area contributed by atoms with Gasteiger partial charge in [-0.2, -0.15) is 0 Å². The molecule has 0 aliphatic carbocycles. The van der Waals surface area contributed by atoms with Crippen LogP contribution in [0.25, 0.3) is 0 Å². The van der Waals surface area contributed by atoms with E-state index >= 15 is 0 Å². The van der Waals surface area contributed by atoms with Gasteiger partial charge in [-0.25, -0.2) is 0 Å². The van der Waals surface area contributed by atoms with E-state index in [1.165, 1.54) is 11.3 Å². The van der Waals surface area contributed by atoms with Gasteiger partial charge in [-0.05, 0) is 32.7 Å². The Labute approximate surface area is 164 Å². The third-order valence-electron chi connectivity index (χ3n) is 5.81. The van der Waals surface area contributed by atoms with Crippen LogP contribution in [0.15, 0.2) is 0 Å². The van der Waals surface area contributed by atoms with E-state index in [1.807, 2.05) is 4.90 Å². The van der Waals surface area contributed by atoms with E-state index in [-0.39, 0.29) is 17.7 Å². The Bertz CT molecular complexity index is 687. The lowest BCUT2D eigenvalue weighted by molar-refractivity contribution is -0.137. The normalized spacial score (nSPS) is 25.1. The fourth-order valence-electron chi connectivity index (χ4n) is 4.09. The van der Waals surface area contributed by atoms with Gasteiger partial charge >= 0.3 is 0 Å². The number of amides is 2. The molecule has 4 heterocycles. The average Bonchev–Trinajstić information content (AvgIpc) is 3.18. The first-order valence-electron chi connectivity index (χ1n) is 9.98. The maximum Gasteiger partial charge on any atom is 0.228 e. The molecule has 0 spiro atoms. The second kappa shape index (κ2) is 8.10. The Kier molecular flexibility index (Phi) is 5.58. The van der Waals surface area contributed by atoms with Gasteiger partial charge in [-0.1, -0.05) is 11.3 Å². The molecule has 0 saturated carbocycles. The Balaban J connectivity index is 1.39. The van der Waals surface area contributed by atoms with Gasteiger partial charge < -0.3 is 14.7 Å². The van der Waals surface area contributed by atoms with E-state index in [2.05, 4.69) is 27.0 Å². The molecule has 3 saturated heterocycles. The first-order chi connectivity index (χ1) is 13.1. The molecule has 0 N–H and O–H groups in total. The van der Waals surface area contributed by atoms with Crippen molar-refractivity contribution in [3.63, 3.8) is 0 Å². The van der Waals surface area contributed by atoms with E-state index in [4.69, 9.17) is 0 Å². The quantitative estimate of drug-likeness (QED) is 0.766. The minimum atomic E-state index is 0.0334. The van der Waals surface area contributed by atoms with Crippen LogP contribution in [-0.4, -0.2) is 84.7 Å². The first kappa shape index (κ1) is 18.6. The molecule has 8 nitrogen and oxygen atoms in total. The summed E-state index contributed by atoms with van der Waals surface area (Å²) in [4.78, 5) is 33.3. The minimum absolute atomic E-state index is 0.0334. The van der Waals surface area contributed by atoms with Crippen molar-refractivity contribution in [2.75, 3.05) is 62.7 Å². The zero-order chi connectivity index (χ0) is 18.8. The number of aromatic nitrogens is 2. The Hall–Kier alpha value is -1.74. The van der Waals surface area contributed by atoms with Crippen molar-refractivity contribution in [3.8, 4) is 0 Å². The lowest BCUT2D eigenvalue weighted by Gasteiger charge is -2.37. The van der Waals surface area contributed by atoms with Crippen molar-refractivity contribution < 1.29 is 9.59 Å². The van der Waals surface area contributed by atoms with E-state index in [9.17, 15) is 9.59 Å². The van der Waals surface area contributed by atoms with Crippen molar-refractivity contribution in [1.29, 1.82) is 0 Å². The number of likely N-dealkylation sites (N-methyl/N-ethyl adjacent to an activating group) is 1. The highest BCUT2D eigenvalue weighted by molar-refractivity contribution is 7.19. The van der Waals surface area contributed by atoms with Crippen molar-refractivity contribution in [2.24, 2.45) is 5.92 Å². The third kappa shape index (κ3) is 4.08. The maximum atomic E-state index is 12.9. The largest absolute Gasteiger partial charge is 0.346 e. The molecule has 0 radical (unpaired) electrons. The van der Waals surface area contributed by atoms with Gasteiger partial charge in [0.25, 0.3) is 0 Å². The molecule has 1 unspecified atom stereocenters. The molecule has 148 valence electrons. The number of piperazine rings is 1. The highest BCUT2D eigenvalue weighted by Crippen LogP contribution is 2.32. The molecular formula is C18H28N6O2S. The van der Waals surface area contributed by atoms with E-state index < -0.39 is 0 Å². The number of carbonyl (C=O) groups excluding carboxylic acids is 2. The van der Waals surface area contributed by atoms with Crippen molar-refractivity contribution in [2.45, 2.75) is 32.1 Å². The lowest BCUT2D eigenvalue weighted by Crippen LogP contribution is -2.51. The van der Waals surface area contributed by atoms with Gasteiger partial charge in [0.05, 0.1) is 5.92 Å². The van der Waals surface area contributed by atoms with E-state index in [0.717, 1.165) is 70.1 Å². The monoisotopic (exact) mass is 392 g/mol. The summed E-state index contributed by atoms with van der Waals surface area (Å²) in [5.41, 5.74) is 0. The highest BCUT2D eigenvalue weighted by Gasteiger charge is 2.32. The lowest BCUT2D eigenvalue weighted by atomic mass is 9.96. The predicted molar refractivity (Wildman–Crippen MR) is 105 cm³/mol. The fourth-order valence-corrected chi connectivity index (χ4v) is 5.02. The van der Waals surface area contributed by atoms with Gasteiger partial charge in [0.1, 0.15) is 0 Å². The summed E-state index contributed by atoms with van der Waals surface area (Å²) < 4.78 is 0. The number of rotatable bonds is 3. The molecule has 0 bridgehead atoms. The second-order valence-electron chi connectivity index (χ2n) is 7.78. The van der Waals surface area contributed by atoms with E-state index in [0.29, 0.717) is 18.1 Å². The minimum Gasteiger partial charge on any atom is -0.346 e. The molecule has 3 fully saturated rings. The molecule has 1 atom stereocenters. The number of hydrogen-bond donors (Lipinski definition) is 0. The number of nitrogens with zero attached hydrogens (tertiary/aromatic N) is 6. The molecule has 1 aromatic heterocycles. The van der Waals surface area contributed by atoms with Crippen LogP contribution in [0.1, 0.15) is 32.1 Å². The summed E-state index contributed by atoms with van der Waals surface area (Å²) in [5.74, 6) is 0.459. The Morgan fingerprint density at radius 2 is 1.78 bits per heavy atom. The predicted octanol–water partition coefficient (Wildman–Crippen LogP) is 1.05. The van der Waals surface area contributed by atoms with Crippen molar-refractivity contribution in [1.82, 2.24) is 20.0 Å². The molecule has 1 aromatic rings. The molecule has 4 rings (SSSR count). The van der Waals surface area contributed by atoms with Gasteiger partial charge in [-0.3, -0.25) is 14.5 Å².